The Morgan fingerprint density at radius 2 is 2.00 bits per heavy atom. The normalized spacial score (nSPS) is 20.2. The van der Waals surface area contributed by atoms with Gasteiger partial charge in [0.05, 0.1) is 6.04 Å². The van der Waals surface area contributed by atoms with Crippen molar-refractivity contribution in [2.75, 3.05) is 0 Å². The van der Waals surface area contributed by atoms with Gasteiger partial charge in [-0.3, -0.25) is 4.79 Å². The smallest absolute Gasteiger partial charge is 0.234 e. The molecular formula is C11H22N2O. The summed E-state index contributed by atoms with van der Waals surface area (Å²) >= 11 is 0. The minimum absolute atomic E-state index is 0.127. The summed E-state index contributed by atoms with van der Waals surface area (Å²) in [5.74, 6) is 0.312. The van der Waals surface area contributed by atoms with Crippen LogP contribution in [0, 0.1) is 5.92 Å². The molecule has 1 amide bonds. The van der Waals surface area contributed by atoms with Crippen LogP contribution in [0.4, 0.5) is 0 Å². The number of nitrogens with two attached hydrogens (primary N) is 1. The molecule has 1 fully saturated rings. The van der Waals surface area contributed by atoms with Crippen LogP contribution in [0.3, 0.4) is 0 Å². The fraction of sp³-hybridized carbons (Fsp3) is 0.909. The van der Waals surface area contributed by atoms with E-state index in [1.165, 1.54) is 25.7 Å². The summed E-state index contributed by atoms with van der Waals surface area (Å²) in [5.41, 5.74) is 5.36. The van der Waals surface area contributed by atoms with Crippen LogP contribution >= 0.6 is 0 Å². The van der Waals surface area contributed by atoms with Crippen molar-refractivity contribution in [1.29, 1.82) is 0 Å². The van der Waals surface area contributed by atoms with Gasteiger partial charge in [-0.15, -0.1) is 0 Å². The van der Waals surface area contributed by atoms with Crippen molar-refractivity contribution in [1.82, 2.24) is 5.32 Å². The third kappa shape index (κ3) is 3.66. The molecule has 1 unspecified atom stereocenters. The standard InChI is InChI=1S/C11H22N2O/c1-8(2)7-10(11(12)14)13-9-5-3-4-6-9/h8-10,13H,3-7H2,1-2H3,(H2,12,14). The van der Waals surface area contributed by atoms with Crippen LogP contribution in [0.25, 0.3) is 0 Å². The van der Waals surface area contributed by atoms with E-state index in [4.69, 9.17) is 5.73 Å². The van der Waals surface area contributed by atoms with Gasteiger partial charge in [-0.1, -0.05) is 26.7 Å². The Morgan fingerprint density at radius 1 is 1.43 bits per heavy atom. The zero-order valence-electron chi connectivity index (χ0n) is 9.25. The molecule has 3 N–H and O–H groups in total. The second-order valence-electron chi connectivity index (χ2n) is 4.73. The van der Waals surface area contributed by atoms with Gasteiger partial charge in [0.1, 0.15) is 0 Å². The lowest BCUT2D eigenvalue weighted by Crippen LogP contribution is -2.46. The molecule has 0 spiro atoms. The lowest BCUT2D eigenvalue weighted by molar-refractivity contribution is -0.120. The van der Waals surface area contributed by atoms with Crippen LogP contribution in [0.15, 0.2) is 0 Å². The van der Waals surface area contributed by atoms with Crippen molar-refractivity contribution in [3.05, 3.63) is 0 Å². The number of carbonyl (C=O) groups excluding carboxylic acids is 1. The summed E-state index contributed by atoms with van der Waals surface area (Å²) in [6.45, 7) is 4.23. The van der Waals surface area contributed by atoms with Gasteiger partial charge in [0.2, 0.25) is 5.91 Å². The minimum Gasteiger partial charge on any atom is -0.368 e. The average Bonchev–Trinajstić information content (AvgIpc) is 2.54. The summed E-state index contributed by atoms with van der Waals surface area (Å²) in [6, 6.07) is 0.393. The van der Waals surface area contributed by atoms with E-state index in [0.717, 1.165) is 6.42 Å². The van der Waals surface area contributed by atoms with E-state index in [-0.39, 0.29) is 11.9 Å². The zero-order valence-corrected chi connectivity index (χ0v) is 9.25. The first kappa shape index (κ1) is 11.5. The Hall–Kier alpha value is -0.570. The lowest BCUT2D eigenvalue weighted by Gasteiger charge is -2.21. The SMILES string of the molecule is CC(C)CC(NC1CCCC1)C(N)=O. The first-order valence-corrected chi connectivity index (χ1v) is 5.65. The van der Waals surface area contributed by atoms with Crippen molar-refractivity contribution in [3.8, 4) is 0 Å². The zero-order chi connectivity index (χ0) is 10.6. The molecule has 82 valence electrons. The largest absolute Gasteiger partial charge is 0.368 e. The van der Waals surface area contributed by atoms with E-state index in [2.05, 4.69) is 19.2 Å². The predicted molar refractivity (Wildman–Crippen MR) is 57.8 cm³/mol. The van der Waals surface area contributed by atoms with Crippen molar-refractivity contribution in [2.24, 2.45) is 11.7 Å². The van der Waals surface area contributed by atoms with E-state index < -0.39 is 0 Å². The van der Waals surface area contributed by atoms with Crippen molar-refractivity contribution >= 4 is 5.91 Å². The minimum atomic E-state index is -0.203. The van der Waals surface area contributed by atoms with Gasteiger partial charge in [0, 0.05) is 6.04 Å². The second kappa shape index (κ2) is 5.35. The monoisotopic (exact) mass is 198 g/mol. The molecule has 0 heterocycles. The quantitative estimate of drug-likeness (QED) is 0.702. The van der Waals surface area contributed by atoms with Gasteiger partial charge in [0.25, 0.3) is 0 Å². The Labute approximate surface area is 86.4 Å². The van der Waals surface area contributed by atoms with Crippen LogP contribution in [0.2, 0.25) is 0 Å². The highest BCUT2D eigenvalue weighted by atomic mass is 16.1. The summed E-state index contributed by atoms with van der Waals surface area (Å²) < 4.78 is 0. The number of hydrogen-bond acceptors (Lipinski definition) is 2. The molecule has 0 aromatic carbocycles. The van der Waals surface area contributed by atoms with Gasteiger partial charge >= 0.3 is 0 Å². The van der Waals surface area contributed by atoms with E-state index in [9.17, 15) is 4.79 Å². The molecule has 0 saturated heterocycles. The molecule has 3 heteroatoms. The third-order valence-corrected chi connectivity index (χ3v) is 2.84. The Balaban J connectivity index is 2.37. The summed E-state index contributed by atoms with van der Waals surface area (Å²) in [7, 11) is 0. The topological polar surface area (TPSA) is 55.1 Å². The highest BCUT2D eigenvalue weighted by Gasteiger charge is 2.22. The molecule has 0 bridgehead atoms. The van der Waals surface area contributed by atoms with Crippen LogP contribution in [0.5, 0.6) is 0 Å². The fourth-order valence-electron chi connectivity index (χ4n) is 2.11. The fourth-order valence-corrected chi connectivity index (χ4v) is 2.11. The van der Waals surface area contributed by atoms with Crippen molar-refractivity contribution < 1.29 is 4.79 Å². The molecular weight excluding hydrogens is 176 g/mol. The third-order valence-electron chi connectivity index (χ3n) is 2.84. The average molecular weight is 198 g/mol. The molecule has 1 aliphatic carbocycles. The van der Waals surface area contributed by atoms with Crippen molar-refractivity contribution in [3.63, 3.8) is 0 Å². The molecule has 0 aromatic heterocycles. The lowest BCUT2D eigenvalue weighted by atomic mass is 10.0. The maximum absolute atomic E-state index is 11.2. The van der Waals surface area contributed by atoms with E-state index in [1.54, 1.807) is 0 Å². The maximum atomic E-state index is 11.2. The number of carbonyl (C=O) groups is 1. The molecule has 1 rings (SSSR count). The predicted octanol–water partition coefficient (Wildman–Crippen LogP) is 1.42. The van der Waals surface area contributed by atoms with Crippen LogP contribution in [-0.4, -0.2) is 18.0 Å². The van der Waals surface area contributed by atoms with Gasteiger partial charge in [-0.2, -0.15) is 0 Å². The molecule has 0 aromatic rings. The number of nitrogens with one attached hydrogen (secondary N) is 1. The Bertz CT molecular complexity index is 186. The van der Waals surface area contributed by atoms with Gasteiger partial charge in [-0.05, 0) is 25.2 Å². The molecule has 1 atom stereocenters. The van der Waals surface area contributed by atoms with Crippen LogP contribution in [-0.2, 0) is 4.79 Å². The maximum Gasteiger partial charge on any atom is 0.234 e. The van der Waals surface area contributed by atoms with Gasteiger partial charge < -0.3 is 11.1 Å². The number of rotatable bonds is 5. The van der Waals surface area contributed by atoms with E-state index in [1.807, 2.05) is 0 Å². The van der Waals surface area contributed by atoms with Crippen LogP contribution < -0.4 is 11.1 Å². The second-order valence-corrected chi connectivity index (χ2v) is 4.73. The highest BCUT2D eigenvalue weighted by Crippen LogP contribution is 2.19. The number of primary amides is 1. The Kier molecular flexibility index (Phi) is 4.39. The van der Waals surface area contributed by atoms with Gasteiger partial charge in [0.15, 0.2) is 0 Å². The molecule has 0 radical (unpaired) electrons. The van der Waals surface area contributed by atoms with Gasteiger partial charge in [-0.25, -0.2) is 0 Å². The first-order chi connectivity index (χ1) is 6.59. The molecule has 0 aliphatic heterocycles. The Morgan fingerprint density at radius 3 is 2.43 bits per heavy atom. The number of hydrogen-bond donors (Lipinski definition) is 2. The van der Waals surface area contributed by atoms with Crippen molar-refractivity contribution in [2.45, 2.75) is 58.0 Å². The summed E-state index contributed by atoms with van der Waals surface area (Å²) in [4.78, 5) is 11.2. The first-order valence-electron chi connectivity index (χ1n) is 5.65. The molecule has 14 heavy (non-hydrogen) atoms. The molecule has 3 nitrogen and oxygen atoms in total. The number of amides is 1. The molecule has 1 saturated carbocycles. The van der Waals surface area contributed by atoms with E-state index >= 15 is 0 Å². The molecule has 1 aliphatic rings. The summed E-state index contributed by atoms with van der Waals surface area (Å²) in [5, 5.41) is 3.37. The summed E-state index contributed by atoms with van der Waals surface area (Å²) in [6.07, 6.45) is 5.81. The van der Waals surface area contributed by atoms with E-state index in [0.29, 0.717) is 12.0 Å². The van der Waals surface area contributed by atoms with Crippen LogP contribution in [0.1, 0.15) is 46.0 Å². The highest BCUT2D eigenvalue weighted by molar-refractivity contribution is 5.79.